The number of nitrogens with zero attached hydrogens (tertiary/aromatic N) is 1. The number of aryl methyl sites for hydroxylation is 2. The zero-order chi connectivity index (χ0) is 94.1. The van der Waals surface area contributed by atoms with Gasteiger partial charge in [-0.2, -0.15) is 0 Å². The Morgan fingerprint density at radius 1 is 0.617 bits per heavy atom. The van der Waals surface area contributed by atoms with Crippen LogP contribution in [0.25, 0.3) is 0 Å². The zero-order valence-corrected chi connectivity index (χ0v) is 82.5. The number of benzene rings is 1. The maximum Gasteiger partial charge on any atom is 0.329 e. The Kier molecular flexibility index (Phi) is 54.1. The Balaban J connectivity index is 1.14. The Labute approximate surface area is 772 Å². The highest BCUT2D eigenvalue weighted by Gasteiger charge is 2.57. The molecule has 3 aliphatic heterocycles. The van der Waals surface area contributed by atoms with Crippen LogP contribution in [0, 0.1) is 55.3 Å². The number of allylic oxidation sites excluding steroid dienone is 4. The van der Waals surface area contributed by atoms with E-state index >= 15 is 0 Å². The summed E-state index contributed by atoms with van der Waals surface area (Å²) in [7, 11) is 4.61. The molecule has 4 aliphatic rings. The van der Waals surface area contributed by atoms with Gasteiger partial charge in [0, 0.05) is 75.9 Å². The standard InChI is InChI=1S/C106H175NO21/c1-18-21-23-25-27-29-31-33-35-37-39-45-49-57-94(110)122-72-85(73-123-95(111)58-50-46-40-38-36-34-32-30-28-26-24-22-19-2)124-102(115)77(7)54-47-43-41-42-44-48-55-78(8)103(116)126-91-65-76(6)63-79(9)97(91)105(13,14)71-96(112)125-89-60-59-83(69-90(89)119-15)67-80(10)98-82(12)87(108)70-88(109)84(53-20-3)64-74(4)62-75(5)66-92(120-16)99-93(121-17)68-81(11)106(118,128-99)100(113)101(114)107-61-52-51-56-86(107)104(117)127-98/h20,63-65,67,75,77-78,81-87,89-90,92-93,98-99,108,118H,3,18-19,21-62,66,68-73H2,1-2,4-17H3/b74-64+,80-67+/t75-,77?,78?,81+,82+,83-,84+,86-,87-,89+,90+,92-,93-,98+,99+,106+/m0/s1. The van der Waals surface area contributed by atoms with Crippen LogP contribution in [0.5, 0.6) is 5.75 Å². The molecule has 0 aromatic heterocycles. The minimum Gasteiger partial charge on any atom is -0.462 e. The Bertz CT molecular complexity index is 3480. The molecule has 2 N–H and O–H groups in total. The van der Waals surface area contributed by atoms with Gasteiger partial charge < -0.3 is 62.5 Å². The lowest BCUT2D eigenvalue weighted by Gasteiger charge is -2.47. The maximum atomic E-state index is 14.9. The molecule has 5 rings (SSSR count). The van der Waals surface area contributed by atoms with Gasteiger partial charge in [0.1, 0.15) is 49.1 Å². The first-order valence-corrected chi connectivity index (χ1v) is 50.5. The van der Waals surface area contributed by atoms with Crippen LogP contribution in [-0.4, -0.2) is 170 Å². The molecule has 128 heavy (non-hydrogen) atoms. The van der Waals surface area contributed by atoms with Gasteiger partial charge in [-0.3, -0.25) is 38.4 Å². The van der Waals surface area contributed by atoms with Crippen molar-refractivity contribution in [3.8, 4) is 5.75 Å². The van der Waals surface area contributed by atoms with Crippen LogP contribution in [-0.2, 0) is 91.2 Å². The van der Waals surface area contributed by atoms with Crippen LogP contribution in [0.2, 0.25) is 0 Å². The summed E-state index contributed by atoms with van der Waals surface area (Å²) < 4.78 is 60.7. The van der Waals surface area contributed by atoms with Gasteiger partial charge in [0.25, 0.3) is 11.7 Å². The van der Waals surface area contributed by atoms with Crippen molar-refractivity contribution in [3.05, 3.63) is 64.8 Å². The van der Waals surface area contributed by atoms with Crippen LogP contribution in [0.1, 0.15) is 401 Å². The molecule has 1 aliphatic carbocycles. The third-order valence-corrected chi connectivity index (χ3v) is 27.5. The van der Waals surface area contributed by atoms with Crippen molar-refractivity contribution in [2.75, 3.05) is 41.1 Å². The molecule has 16 atom stereocenters. The van der Waals surface area contributed by atoms with Gasteiger partial charge in [-0.15, -0.1) is 6.58 Å². The van der Waals surface area contributed by atoms with Gasteiger partial charge in [0.05, 0.1) is 42.7 Å². The minimum absolute atomic E-state index is 0.0275. The summed E-state index contributed by atoms with van der Waals surface area (Å²) in [5.41, 5.74) is 3.14. The number of hydrogen-bond donors (Lipinski definition) is 2. The highest BCUT2D eigenvalue weighted by molar-refractivity contribution is 6.39. The number of methoxy groups -OCH3 is 3. The SMILES string of the molecule is C=CC[C@@H]1/C=C(\C)C[C@H](C)C[C@H](OC)[C@H]2O[C@@](O)(C(=O)C(=O)N3CCCC[C@H]3C(=O)O[C@H](/C(C)=C/[C@@H]3CC[C@@H](OC(=O)CC(C)(C)c4c(C)cc(C)cc4OC(=O)C(C)CCCCCCCCC(C)C(=O)OC(COC(=O)CCCCCCCCCCCCCCC)COC(=O)CCCCCCCCCCCCCCC)[C@H](OC)C3)[C@H](C)[C@@H](O)CC1=O)[C@H](C)C[C@@H]2OC. The predicted molar refractivity (Wildman–Crippen MR) is 503 cm³/mol. The van der Waals surface area contributed by atoms with Gasteiger partial charge in [-0.05, 0) is 152 Å². The van der Waals surface area contributed by atoms with E-state index in [1.54, 1.807) is 34.0 Å². The highest BCUT2D eigenvalue weighted by atomic mass is 16.7. The first-order chi connectivity index (χ1) is 61.2. The number of carbonyl (C=O) groups is 9. The molecule has 0 spiro atoms. The van der Waals surface area contributed by atoms with Crippen LogP contribution >= 0.6 is 0 Å². The number of Topliss-reactive ketones (excluding diaryl/α,β-unsaturated/α-hetero) is 2. The summed E-state index contributed by atoms with van der Waals surface area (Å²) >= 11 is 0. The van der Waals surface area contributed by atoms with Gasteiger partial charge in [0.15, 0.2) is 6.10 Å². The lowest BCUT2D eigenvalue weighted by atomic mass is 9.78. The van der Waals surface area contributed by atoms with Crippen LogP contribution in [0.3, 0.4) is 0 Å². The first kappa shape index (κ1) is 112. The number of hydrogen-bond acceptors (Lipinski definition) is 21. The third-order valence-electron chi connectivity index (χ3n) is 27.5. The number of aliphatic hydroxyl groups excluding tert-OH is 1. The molecule has 3 fully saturated rings. The molecular weight excluding hydrogens is 1620 g/mol. The number of cyclic esters (lactones) is 1. The topological polar surface area (TPSA) is 290 Å². The summed E-state index contributed by atoms with van der Waals surface area (Å²) in [5.74, 6) is -10.8. The van der Waals surface area contributed by atoms with Crippen molar-refractivity contribution in [1.82, 2.24) is 4.90 Å². The van der Waals surface area contributed by atoms with E-state index in [2.05, 4.69) is 20.4 Å². The molecule has 730 valence electrons. The van der Waals surface area contributed by atoms with E-state index in [0.29, 0.717) is 88.4 Å². The number of piperidine rings is 1. The van der Waals surface area contributed by atoms with E-state index in [0.717, 1.165) is 99.3 Å². The molecule has 2 bridgehead atoms. The van der Waals surface area contributed by atoms with E-state index in [1.807, 2.05) is 79.7 Å². The minimum atomic E-state index is -2.58. The van der Waals surface area contributed by atoms with Crippen molar-refractivity contribution in [2.45, 2.75) is 464 Å². The molecule has 22 nitrogen and oxygen atoms in total. The first-order valence-electron chi connectivity index (χ1n) is 50.5. The second-order valence-electron chi connectivity index (χ2n) is 39.6. The van der Waals surface area contributed by atoms with Crippen molar-refractivity contribution in [1.29, 1.82) is 0 Å². The second-order valence-corrected chi connectivity index (χ2v) is 39.6. The monoisotopic (exact) mass is 1800 g/mol. The fourth-order valence-corrected chi connectivity index (χ4v) is 19.6. The van der Waals surface area contributed by atoms with Crippen molar-refractivity contribution in [2.24, 2.45) is 41.4 Å². The predicted octanol–water partition coefficient (Wildman–Crippen LogP) is 22.4. The normalized spacial score (nSPS) is 25.3. The lowest BCUT2D eigenvalue weighted by molar-refractivity contribution is -0.302. The molecule has 1 amide bonds. The fourth-order valence-electron chi connectivity index (χ4n) is 19.6. The number of ether oxygens (including phenoxy) is 10. The lowest BCUT2D eigenvalue weighted by Crippen LogP contribution is -2.64. The van der Waals surface area contributed by atoms with E-state index < -0.39 is 125 Å². The fraction of sp³-hybridized carbons (Fsp3) is 0.802. The number of ketones is 2. The highest BCUT2D eigenvalue weighted by Crippen LogP contribution is 2.43. The second kappa shape index (κ2) is 61.6. The number of rotatable bonds is 56. The van der Waals surface area contributed by atoms with E-state index in [9.17, 15) is 53.4 Å². The smallest absolute Gasteiger partial charge is 0.329 e. The number of carbonyl (C=O) groups excluding carboxylic acids is 9. The largest absolute Gasteiger partial charge is 0.462 e. The van der Waals surface area contributed by atoms with Crippen LogP contribution < -0.4 is 4.74 Å². The number of aliphatic hydroxyl groups is 2. The quantitative estimate of drug-likeness (QED) is 0.0153. The molecule has 1 aromatic carbocycles. The Morgan fingerprint density at radius 3 is 1.63 bits per heavy atom. The molecule has 22 heteroatoms. The van der Waals surface area contributed by atoms with Crippen molar-refractivity contribution in [3.63, 3.8) is 0 Å². The zero-order valence-electron chi connectivity index (χ0n) is 82.5. The number of esters is 6. The number of fused-ring (bicyclic) bond motifs is 3. The molecular formula is C106H175NO21. The molecule has 0 radical (unpaired) electrons. The molecule has 3 heterocycles. The summed E-state index contributed by atoms with van der Waals surface area (Å²) in [6.45, 7) is 28.8. The molecule has 2 saturated heterocycles. The average molecular weight is 1800 g/mol. The molecule has 1 aromatic rings. The van der Waals surface area contributed by atoms with Gasteiger partial charge in [0.2, 0.25) is 5.79 Å². The van der Waals surface area contributed by atoms with E-state index in [4.69, 9.17) is 47.4 Å². The molecule has 2 unspecified atom stereocenters. The van der Waals surface area contributed by atoms with Crippen molar-refractivity contribution >= 4 is 53.3 Å². The summed E-state index contributed by atoms with van der Waals surface area (Å²) in [4.78, 5) is 128. The van der Waals surface area contributed by atoms with Crippen molar-refractivity contribution < 1.29 is 101 Å². The van der Waals surface area contributed by atoms with Crippen LogP contribution in [0.15, 0.2) is 48.1 Å². The van der Waals surface area contributed by atoms with E-state index in [1.165, 1.54) is 148 Å². The average Bonchev–Trinajstić information content (AvgIpc) is 0.796. The number of unbranched alkanes of at least 4 members (excludes halogenated alkanes) is 29. The van der Waals surface area contributed by atoms with Gasteiger partial charge in [-0.25, -0.2) is 4.79 Å². The molecule has 1 saturated carbocycles. The summed E-state index contributed by atoms with van der Waals surface area (Å²) in [6.07, 6.45) is 41.2. The van der Waals surface area contributed by atoms with Crippen LogP contribution in [0.4, 0.5) is 0 Å². The van der Waals surface area contributed by atoms with E-state index in [-0.39, 0.29) is 81.0 Å². The maximum absolute atomic E-state index is 14.9. The number of amides is 1. The summed E-state index contributed by atoms with van der Waals surface area (Å²) in [5, 5.41) is 24.5. The Morgan fingerprint density at radius 2 is 1.12 bits per heavy atom. The van der Waals surface area contributed by atoms with Gasteiger partial charge in [-0.1, -0.05) is 285 Å². The summed E-state index contributed by atoms with van der Waals surface area (Å²) in [6, 6.07) is 2.63. The Hall–Kier alpha value is -6.17. The van der Waals surface area contributed by atoms with Gasteiger partial charge >= 0.3 is 35.8 Å². The third kappa shape index (κ3) is 39.9.